The molecule has 0 aromatic rings. The molecular formula is C54H101NO13. The Kier molecular flexibility index (Phi) is 37.7. The molecule has 0 radical (unpaired) electrons. The Morgan fingerprint density at radius 1 is 0.515 bits per heavy atom. The van der Waals surface area contributed by atoms with Gasteiger partial charge in [0.1, 0.15) is 48.8 Å². The second kappa shape index (κ2) is 41.0. The molecule has 14 heteroatoms. The van der Waals surface area contributed by atoms with Gasteiger partial charge in [0.25, 0.3) is 0 Å². The van der Waals surface area contributed by atoms with Gasteiger partial charge in [0.05, 0.1) is 32.0 Å². The summed E-state index contributed by atoms with van der Waals surface area (Å²) in [4.78, 5) is 12.9. The molecule has 2 aliphatic rings. The molecule has 12 atom stereocenters. The molecule has 0 saturated carbocycles. The molecule has 0 bridgehead atoms. The van der Waals surface area contributed by atoms with Crippen molar-refractivity contribution < 1.29 is 64.6 Å². The van der Waals surface area contributed by atoms with E-state index in [4.69, 9.17) is 18.9 Å². The summed E-state index contributed by atoms with van der Waals surface area (Å²) in [6.45, 7) is 2.67. The molecule has 2 aliphatic heterocycles. The van der Waals surface area contributed by atoms with Crippen LogP contribution >= 0.6 is 0 Å². The lowest BCUT2D eigenvalue weighted by Crippen LogP contribution is -2.65. The van der Waals surface area contributed by atoms with E-state index < -0.39 is 86.8 Å². The average Bonchev–Trinajstić information content (AvgIpc) is 3.34. The van der Waals surface area contributed by atoms with Gasteiger partial charge in [0, 0.05) is 6.42 Å². The highest BCUT2D eigenvalue weighted by atomic mass is 16.7. The predicted molar refractivity (Wildman–Crippen MR) is 268 cm³/mol. The van der Waals surface area contributed by atoms with Crippen LogP contribution in [0.2, 0.25) is 0 Å². The minimum Gasteiger partial charge on any atom is -0.394 e. The highest BCUT2D eigenvalue weighted by molar-refractivity contribution is 5.76. The van der Waals surface area contributed by atoms with Crippen molar-refractivity contribution >= 4 is 5.91 Å². The van der Waals surface area contributed by atoms with Crippen LogP contribution in [0.1, 0.15) is 219 Å². The van der Waals surface area contributed by atoms with Crippen molar-refractivity contribution in [2.45, 2.75) is 293 Å². The van der Waals surface area contributed by atoms with Crippen LogP contribution in [0.25, 0.3) is 0 Å². The summed E-state index contributed by atoms with van der Waals surface area (Å²) in [7, 11) is 0. The van der Waals surface area contributed by atoms with Crippen LogP contribution < -0.4 is 5.32 Å². The molecule has 12 unspecified atom stereocenters. The zero-order valence-electron chi connectivity index (χ0n) is 42.6. The highest BCUT2D eigenvalue weighted by Gasteiger charge is 2.51. The van der Waals surface area contributed by atoms with Crippen molar-refractivity contribution in [1.82, 2.24) is 5.32 Å². The maximum Gasteiger partial charge on any atom is 0.220 e. The van der Waals surface area contributed by atoms with Gasteiger partial charge in [-0.2, -0.15) is 0 Å². The Balaban J connectivity index is 1.64. The highest BCUT2D eigenvalue weighted by Crippen LogP contribution is 2.30. The van der Waals surface area contributed by atoms with Gasteiger partial charge in [-0.05, 0) is 32.1 Å². The molecule has 14 nitrogen and oxygen atoms in total. The first-order chi connectivity index (χ1) is 33.1. The van der Waals surface area contributed by atoms with Crippen molar-refractivity contribution in [1.29, 1.82) is 0 Å². The zero-order valence-corrected chi connectivity index (χ0v) is 42.6. The quantitative estimate of drug-likeness (QED) is 0.0208. The van der Waals surface area contributed by atoms with E-state index in [2.05, 4.69) is 31.3 Å². The number of aliphatic hydroxyl groups is 8. The Hall–Kier alpha value is -1.53. The summed E-state index contributed by atoms with van der Waals surface area (Å²) in [6.07, 6.45) is 30.3. The van der Waals surface area contributed by atoms with Crippen LogP contribution in [0.5, 0.6) is 0 Å². The number of allylic oxidation sites excluding steroid dienone is 3. The van der Waals surface area contributed by atoms with Gasteiger partial charge in [0.2, 0.25) is 5.91 Å². The van der Waals surface area contributed by atoms with Crippen molar-refractivity contribution in [3.05, 3.63) is 24.3 Å². The molecule has 2 rings (SSSR count). The van der Waals surface area contributed by atoms with E-state index in [1.807, 2.05) is 6.08 Å². The van der Waals surface area contributed by atoms with Crippen molar-refractivity contribution in [2.24, 2.45) is 0 Å². The minimum absolute atomic E-state index is 0.262. The van der Waals surface area contributed by atoms with Crippen molar-refractivity contribution in [3.8, 4) is 0 Å². The first kappa shape index (κ1) is 62.6. The standard InChI is InChI=1S/C54H101NO13/c1-3-5-7-9-10-11-12-13-14-15-16-17-18-19-20-21-22-23-24-25-26-27-28-29-30-31-32-34-35-37-43(58)42(55-46(59)38-36-33-8-6-4-2)41-65-53-51(64)49(62)52(45(40-57)67-53)68-54-50(63)48(61)47(60)44(39-56)66-54/h30-31,35,37,42-45,47-54,56-58,60-64H,3-29,32-34,36,38-41H2,1-2H3,(H,55,59)/b31-30+,37-35+. The molecule has 1 amide bonds. The van der Waals surface area contributed by atoms with E-state index in [9.17, 15) is 45.6 Å². The number of ether oxygens (including phenoxy) is 4. The van der Waals surface area contributed by atoms with Gasteiger partial charge in [-0.15, -0.1) is 0 Å². The summed E-state index contributed by atoms with van der Waals surface area (Å²) in [5.41, 5.74) is 0. The number of amides is 1. The third-order valence-corrected chi connectivity index (χ3v) is 13.6. The molecule has 400 valence electrons. The maximum absolute atomic E-state index is 12.9. The monoisotopic (exact) mass is 972 g/mol. The van der Waals surface area contributed by atoms with E-state index in [0.29, 0.717) is 12.8 Å². The van der Waals surface area contributed by atoms with E-state index >= 15 is 0 Å². The molecule has 68 heavy (non-hydrogen) atoms. The van der Waals surface area contributed by atoms with Gasteiger partial charge in [-0.3, -0.25) is 4.79 Å². The van der Waals surface area contributed by atoms with Gasteiger partial charge in [0.15, 0.2) is 12.6 Å². The zero-order chi connectivity index (χ0) is 49.6. The number of hydrogen-bond acceptors (Lipinski definition) is 13. The van der Waals surface area contributed by atoms with Gasteiger partial charge < -0.3 is 65.1 Å². The molecular weight excluding hydrogens is 871 g/mol. The number of carbonyl (C=O) groups excluding carboxylic acids is 1. The van der Waals surface area contributed by atoms with Crippen molar-refractivity contribution in [2.75, 3.05) is 19.8 Å². The topological polar surface area (TPSA) is 228 Å². The van der Waals surface area contributed by atoms with Gasteiger partial charge in [-0.1, -0.05) is 205 Å². The van der Waals surface area contributed by atoms with E-state index in [0.717, 1.165) is 38.5 Å². The van der Waals surface area contributed by atoms with Crippen LogP contribution in [-0.4, -0.2) is 140 Å². The van der Waals surface area contributed by atoms with Crippen LogP contribution in [-0.2, 0) is 23.7 Å². The van der Waals surface area contributed by atoms with E-state index in [1.54, 1.807) is 6.08 Å². The summed E-state index contributed by atoms with van der Waals surface area (Å²) in [5, 5.41) is 86.4. The van der Waals surface area contributed by atoms with Crippen LogP contribution in [0.4, 0.5) is 0 Å². The molecule has 0 spiro atoms. The second-order valence-electron chi connectivity index (χ2n) is 19.7. The Morgan fingerprint density at radius 2 is 0.941 bits per heavy atom. The first-order valence-electron chi connectivity index (χ1n) is 27.6. The number of unbranched alkanes of at least 4 members (excludes halogenated alkanes) is 28. The van der Waals surface area contributed by atoms with Crippen LogP contribution in [0.15, 0.2) is 24.3 Å². The summed E-state index contributed by atoms with van der Waals surface area (Å²) in [5.74, 6) is -0.262. The number of carbonyl (C=O) groups is 1. The predicted octanol–water partition coefficient (Wildman–Crippen LogP) is 8.11. The summed E-state index contributed by atoms with van der Waals surface area (Å²) >= 11 is 0. The van der Waals surface area contributed by atoms with Crippen LogP contribution in [0, 0.1) is 0 Å². The van der Waals surface area contributed by atoms with Gasteiger partial charge in [-0.25, -0.2) is 0 Å². The number of hydrogen-bond donors (Lipinski definition) is 9. The molecule has 0 aliphatic carbocycles. The molecule has 2 heterocycles. The largest absolute Gasteiger partial charge is 0.394 e. The lowest BCUT2D eigenvalue weighted by molar-refractivity contribution is -0.359. The summed E-state index contributed by atoms with van der Waals surface area (Å²) < 4.78 is 22.6. The lowest BCUT2D eigenvalue weighted by Gasteiger charge is -2.46. The third kappa shape index (κ3) is 27.3. The summed E-state index contributed by atoms with van der Waals surface area (Å²) in [6, 6.07) is -0.924. The first-order valence-corrected chi connectivity index (χ1v) is 27.6. The minimum atomic E-state index is -1.79. The van der Waals surface area contributed by atoms with Crippen LogP contribution in [0.3, 0.4) is 0 Å². The SMILES string of the molecule is CCCCCCCCCCCCCCCCCCCCCCCCC/C=C/CC/C=C/C(O)C(COC1OC(CO)C(OC2OC(CO)C(O)C(O)C2O)C(O)C1O)NC(=O)CCCCCCC. The van der Waals surface area contributed by atoms with E-state index in [-0.39, 0.29) is 18.9 Å². The van der Waals surface area contributed by atoms with Crippen molar-refractivity contribution in [3.63, 3.8) is 0 Å². The van der Waals surface area contributed by atoms with Gasteiger partial charge >= 0.3 is 0 Å². The van der Waals surface area contributed by atoms with E-state index in [1.165, 1.54) is 148 Å². The fraction of sp³-hybridized carbons (Fsp3) is 0.907. The number of aliphatic hydroxyl groups excluding tert-OH is 8. The average molecular weight is 972 g/mol. The Bertz CT molecular complexity index is 1240. The lowest BCUT2D eigenvalue weighted by atomic mass is 9.97. The normalized spacial score (nSPS) is 26.5. The fourth-order valence-electron chi connectivity index (χ4n) is 9.13. The number of nitrogens with one attached hydrogen (secondary N) is 1. The Labute approximate surface area is 411 Å². The third-order valence-electron chi connectivity index (χ3n) is 13.6. The second-order valence-corrected chi connectivity index (χ2v) is 19.7. The number of rotatable bonds is 43. The smallest absolute Gasteiger partial charge is 0.220 e. The Morgan fingerprint density at radius 3 is 1.44 bits per heavy atom. The maximum atomic E-state index is 12.9. The molecule has 2 saturated heterocycles. The molecule has 9 N–H and O–H groups in total. The fourth-order valence-corrected chi connectivity index (χ4v) is 9.13. The molecule has 2 fully saturated rings. The molecule has 0 aromatic heterocycles. The molecule has 0 aromatic carbocycles.